The van der Waals surface area contributed by atoms with Crippen LogP contribution in [0.3, 0.4) is 0 Å². The molecule has 0 amide bonds. The van der Waals surface area contributed by atoms with E-state index < -0.39 is 0 Å². The van der Waals surface area contributed by atoms with Crippen LogP contribution in [0.1, 0.15) is 62.1 Å². The number of allylic oxidation sites excluding steroid dienone is 6. The summed E-state index contributed by atoms with van der Waals surface area (Å²) >= 11 is 0. The van der Waals surface area contributed by atoms with Crippen LogP contribution in [0.15, 0.2) is 138 Å². The molecule has 1 aliphatic heterocycles. The molecule has 4 aliphatic rings. The van der Waals surface area contributed by atoms with Gasteiger partial charge in [0.25, 0.3) is 0 Å². The molecular formula is C44H40N2. The molecule has 2 nitrogen and oxygen atoms in total. The average Bonchev–Trinajstić information content (AvgIpc) is 3.66. The lowest BCUT2D eigenvalue weighted by molar-refractivity contribution is 0.660. The summed E-state index contributed by atoms with van der Waals surface area (Å²) in [6, 6.07) is 38.6. The molecule has 0 radical (unpaired) electrons. The summed E-state index contributed by atoms with van der Waals surface area (Å²) in [5, 5.41) is 6.46. The van der Waals surface area contributed by atoms with E-state index in [-0.39, 0.29) is 6.17 Å². The second kappa shape index (κ2) is 11.2. The van der Waals surface area contributed by atoms with E-state index in [1.54, 1.807) is 11.1 Å². The molecule has 5 aromatic carbocycles. The Morgan fingerprint density at radius 3 is 2.48 bits per heavy atom. The molecule has 1 atom stereocenters. The zero-order valence-corrected chi connectivity index (χ0v) is 26.7. The van der Waals surface area contributed by atoms with Crippen molar-refractivity contribution in [2.75, 3.05) is 10.2 Å². The van der Waals surface area contributed by atoms with Crippen LogP contribution in [-0.2, 0) is 12.8 Å². The second-order valence-corrected chi connectivity index (χ2v) is 13.5. The third-order valence-electron chi connectivity index (χ3n) is 10.8. The molecule has 1 heterocycles. The quantitative estimate of drug-likeness (QED) is 0.213. The van der Waals surface area contributed by atoms with Crippen molar-refractivity contribution < 1.29 is 0 Å². The summed E-state index contributed by atoms with van der Waals surface area (Å²) in [7, 11) is 0. The molecule has 1 unspecified atom stereocenters. The molecule has 226 valence electrons. The van der Waals surface area contributed by atoms with E-state index in [1.807, 2.05) is 0 Å². The summed E-state index contributed by atoms with van der Waals surface area (Å²) in [5.74, 6) is 0. The average molecular weight is 597 g/mol. The van der Waals surface area contributed by atoms with Gasteiger partial charge in [0.15, 0.2) is 0 Å². The topological polar surface area (TPSA) is 15.3 Å². The zero-order valence-electron chi connectivity index (χ0n) is 26.7. The van der Waals surface area contributed by atoms with Gasteiger partial charge in [-0.2, -0.15) is 0 Å². The van der Waals surface area contributed by atoms with Crippen molar-refractivity contribution in [1.29, 1.82) is 0 Å². The second-order valence-electron chi connectivity index (χ2n) is 13.5. The van der Waals surface area contributed by atoms with Gasteiger partial charge in [-0.3, -0.25) is 0 Å². The van der Waals surface area contributed by atoms with Crippen molar-refractivity contribution >= 4 is 22.1 Å². The lowest BCUT2D eigenvalue weighted by Crippen LogP contribution is -2.33. The van der Waals surface area contributed by atoms with Crippen molar-refractivity contribution in [1.82, 2.24) is 0 Å². The summed E-state index contributed by atoms with van der Waals surface area (Å²) < 4.78 is 0. The van der Waals surface area contributed by atoms with E-state index in [9.17, 15) is 0 Å². The molecule has 46 heavy (non-hydrogen) atoms. The Hall–Kier alpha value is -4.82. The van der Waals surface area contributed by atoms with Crippen molar-refractivity contribution in [2.45, 2.75) is 64.5 Å². The van der Waals surface area contributed by atoms with E-state index in [2.05, 4.69) is 132 Å². The number of benzene rings is 5. The van der Waals surface area contributed by atoms with Crippen molar-refractivity contribution in [2.24, 2.45) is 0 Å². The molecule has 1 N–H and O–H groups in total. The Balaban J connectivity index is 1.05. The number of rotatable bonds is 5. The molecule has 5 aromatic rings. The van der Waals surface area contributed by atoms with Crippen LogP contribution in [0.25, 0.3) is 33.0 Å². The largest absolute Gasteiger partial charge is 0.363 e. The minimum atomic E-state index is 0.227. The Labute approximate surface area is 272 Å². The fraction of sp³-hybridized carbons (Fsp3) is 0.227. The van der Waals surface area contributed by atoms with E-state index >= 15 is 0 Å². The fourth-order valence-corrected chi connectivity index (χ4v) is 8.62. The molecule has 0 spiro atoms. The minimum Gasteiger partial charge on any atom is -0.363 e. The van der Waals surface area contributed by atoms with Crippen LogP contribution in [0.4, 0.5) is 11.4 Å². The van der Waals surface area contributed by atoms with Gasteiger partial charge >= 0.3 is 0 Å². The van der Waals surface area contributed by atoms with Gasteiger partial charge in [0.1, 0.15) is 6.17 Å². The highest BCUT2D eigenvalue weighted by Gasteiger charge is 2.32. The molecule has 0 saturated heterocycles. The number of nitrogens with one attached hydrogen (secondary N) is 1. The van der Waals surface area contributed by atoms with Crippen LogP contribution in [-0.4, -0.2) is 6.17 Å². The third kappa shape index (κ3) is 4.54. The third-order valence-corrected chi connectivity index (χ3v) is 10.8. The number of nitrogens with zero attached hydrogens (tertiary/aromatic N) is 1. The SMILES string of the molecule is CC1Nc2c(ccc3ccccc23)N1C1=C(C2=C(Cc3ccc(-c4cccc5c4Cc4ccccc4-5)cc3)CCCC2)C=CCC1. The highest BCUT2D eigenvalue weighted by Crippen LogP contribution is 2.46. The first kappa shape index (κ1) is 27.5. The van der Waals surface area contributed by atoms with E-state index in [4.69, 9.17) is 0 Å². The monoisotopic (exact) mass is 596 g/mol. The van der Waals surface area contributed by atoms with E-state index in [1.165, 1.54) is 98.0 Å². The molecule has 0 aromatic heterocycles. The summed E-state index contributed by atoms with van der Waals surface area (Å²) in [6.45, 7) is 2.32. The van der Waals surface area contributed by atoms with Crippen molar-refractivity contribution in [3.63, 3.8) is 0 Å². The molecule has 2 heteroatoms. The molecule has 0 fully saturated rings. The van der Waals surface area contributed by atoms with E-state index in [0.29, 0.717) is 0 Å². The summed E-state index contributed by atoms with van der Waals surface area (Å²) in [6.07, 6.45) is 14.3. The first-order chi connectivity index (χ1) is 22.7. The lowest BCUT2D eigenvalue weighted by atomic mass is 9.81. The number of hydrogen-bond donors (Lipinski definition) is 1. The predicted octanol–water partition coefficient (Wildman–Crippen LogP) is 11.4. The number of hydrogen-bond acceptors (Lipinski definition) is 2. The van der Waals surface area contributed by atoms with Crippen LogP contribution < -0.4 is 10.2 Å². The molecule has 9 rings (SSSR count). The molecular weight excluding hydrogens is 556 g/mol. The standard InChI is InChI=1S/C44H40N2/c1-29-45-44-38-16-7-2-11-31(38)25-26-43(44)46(29)42-20-9-8-17-40(42)37-15-6-3-12-33(37)27-30-21-23-32(24-22-30)35-18-10-19-39-36-14-5-4-13-34(36)28-41(35)39/h2,4-5,7-8,10-11,13-14,16-19,21-26,29,45H,3,6,9,12,15,20,27-28H2,1H3. The van der Waals surface area contributed by atoms with Crippen LogP contribution in [0, 0.1) is 0 Å². The van der Waals surface area contributed by atoms with Crippen molar-refractivity contribution in [3.8, 4) is 22.3 Å². The highest BCUT2D eigenvalue weighted by molar-refractivity contribution is 6.03. The highest BCUT2D eigenvalue weighted by atomic mass is 15.3. The zero-order chi connectivity index (χ0) is 30.6. The predicted molar refractivity (Wildman–Crippen MR) is 194 cm³/mol. The Morgan fingerprint density at radius 1 is 0.739 bits per heavy atom. The van der Waals surface area contributed by atoms with Gasteiger partial charge < -0.3 is 10.2 Å². The summed E-state index contributed by atoms with van der Waals surface area (Å²) in [5.41, 5.74) is 18.6. The van der Waals surface area contributed by atoms with E-state index in [0.717, 1.165) is 25.7 Å². The van der Waals surface area contributed by atoms with Crippen LogP contribution >= 0.6 is 0 Å². The van der Waals surface area contributed by atoms with Gasteiger partial charge in [0, 0.05) is 11.1 Å². The number of fused-ring (bicyclic) bond motifs is 6. The Kier molecular flexibility index (Phi) is 6.70. The molecule has 0 saturated carbocycles. The molecule has 3 aliphatic carbocycles. The molecule has 0 bridgehead atoms. The fourth-order valence-electron chi connectivity index (χ4n) is 8.62. The van der Waals surface area contributed by atoms with Gasteiger partial charge in [-0.05, 0) is 120 Å². The lowest BCUT2D eigenvalue weighted by Gasteiger charge is -2.33. The minimum absolute atomic E-state index is 0.227. The first-order valence-corrected chi connectivity index (χ1v) is 17.2. The smallest absolute Gasteiger partial charge is 0.101 e. The summed E-state index contributed by atoms with van der Waals surface area (Å²) in [4.78, 5) is 2.60. The van der Waals surface area contributed by atoms with Gasteiger partial charge in [-0.25, -0.2) is 0 Å². The first-order valence-electron chi connectivity index (χ1n) is 17.2. The van der Waals surface area contributed by atoms with Crippen LogP contribution in [0.5, 0.6) is 0 Å². The Bertz CT molecular complexity index is 2090. The van der Waals surface area contributed by atoms with Crippen molar-refractivity contribution in [3.05, 3.63) is 154 Å². The van der Waals surface area contributed by atoms with Gasteiger partial charge in [0.05, 0.1) is 11.4 Å². The van der Waals surface area contributed by atoms with Gasteiger partial charge in [0.2, 0.25) is 0 Å². The maximum atomic E-state index is 3.85. The van der Waals surface area contributed by atoms with Gasteiger partial charge in [-0.1, -0.05) is 115 Å². The normalized spacial score (nSPS) is 18.5. The van der Waals surface area contributed by atoms with Gasteiger partial charge in [-0.15, -0.1) is 0 Å². The Morgan fingerprint density at radius 2 is 1.54 bits per heavy atom. The maximum Gasteiger partial charge on any atom is 0.101 e. The number of anilines is 2. The maximum absolute atomic E-state index is 3.85. The van der Waals surface area contributed by atoms with Crippen LogP contribution in [0.2, 0.25) is 0 Å².